The SMILES string of the molecule is C=C1C(C)=CC(C)C(=C)C1CC1=Cc2cccc(-c3cc(C)cc(C)c3CC3CCC[C@@H]3C)c2C1. The number of benzene rings is 2. The number of hydrogen-bond acceptors (Lipinski definition) is 0. The highest BCUT2D eigenvalue weighted by molar-refractivity contribution is 5.80. The van der Waals surface area contributed by atoms with Gasteiger partial charge in [-0.3, -0.25) is 0 Å². The Labute approximate surface area is 213 Å². The average Bonchev–Trinajstić information content (AvgIpc) is 3.42. The molecular formula is C35H42. The first-order chi connectivity index (χ1) is 16.7. The highest BCUT2D eigenvalue weighted by Crippen LogP contribution is 2.44. The highest BCUT2D eigenvalue weighted by atomic mass is 14.3. The van der Waals surface area contributed by atoms with E-state index < -0.39 is 0 Å². The van der Waals surface area contributed by atoms with Gasteiger partial charge in [-0.25, -0.2) is 0 Å². The summed E-state index contributed by atoms with van der Waals surface area (Å²) in [6, 6.07) is 11.8. The van der Waals surface area contributed by atoms with Gasteiger partial charge in [0, 0.05) is 5.92 Å². The molecule has 3 aliphatic rings. The Morgan fingerprint density at radius 3 is 2.49 bits per heavy atom. The molecule has 0 heterocycles. The minimum Gasteiger partial charge on any atom is -0.0986 e. The summed E-state index contributed by atoms with van der Waals surface area (Å²) in [4.78, 5) is 0. The summed E-state index contributed by atoms with van der Waals surface area (Å²) in [6.45, 7) is 20.4. The Morgan fingerprint density at radius 2 is 1.74 bits per heavy atom. The predicted molar refractivity (Wildman–Crippen MR) is 153 cm³/mol. The van der Waals surface area contributed by atoms with E-state index in [1.807, 2.05) is 0 Å². The smallest absolute Gasteiger partial charge is 0.00853 e. The van der Waals surface area contributed by atoms with Crippen molar-refractivity contribution >= 4 is 6.08 Å². The van der Waals surface area contributed by atoms with Gasteiger partial charge in [0.2, 0.25) is 0 Å². The van der Waals surface area contributed by atoms with Crippen LogP contribution in [-0.2, 0) is 12.8 Å². The molecule has 0 spiro atoms. The lowest BCUT2D eigenvalue weighted by atomic mass is 9.74. The molecule has 0 nitrogen and oxygen atoms in total. The predicted octanol–water partition coefficient (Wildman–Crippen LogP) is 9.60. The summed E-state index contributed by atoms with van der Waals surface area (Å²) in [7, 11) is 0. The van der Waals surface area contributed by atoms with Crippen LogP contribution in [-0.4, -0.2) is 0 Å². The van der Waals surface area contributed by atoms with E-state index in [0.717, 1.165) is 24.7 Å². The van der Waals surface area contributed by atoms with Crippen molar-refractivity contribution in [2.45, 2.75) is 73.1 Å². The summed E-state index contributed by atoms with van der Waals surface area (Å²) in [5, 5.41) is 0. The van der Waals surface area contributed by atoms with Crippen LogP contribution in [0.25, 0.3) is 17.2 Å². The van der Waals surface area contributed by atoms with Crippen LogP contribution in [0.15, 0.2) is 71.9 Å². The first kappa shape index (κ1) is 24.1. The molecule has 3 unspecified atom stereocenters. The second-order valence-corrected chi connectivity index (χ2v) is 11.8. The molecule has 0 saturated heterocycles. The minimum absolute atomic E-state index is 0.361. The van der Waals surface area contributed by atoms with Crippen LogP contribution >= 0.6 is 0 Å². The van der Waals surface area contributed by atoms with E-state index in [2.05, 4.69) is 90.3 Å². The van der Waals surface area contributed by atoms with Gasteiger partial charge in [0.15, 0.2) is 0 Å². The Hall–Kier alpha value is -2.60. The zero-order valence-corrected chi connectivity index (χ0v) is 22.5. The minimum atomic E-state index is 0.361. The van der Waals surface area contributed by atoms with Crippen molar-refractivity contribution in [1.29, 1.82) is 0 Å². The molecule has 2 aromatic carbocycles. The lowest BCUT2D eigenvalue weighted by Crippen LogP contribution is -2.18. The normalized spacial score (nSPS) is 26.1. The van der Waals surface area contributed by atoms with Crippen molar-refractivity contribution in [1.82, 2.24) is 0 Å². The molecule has 0 heteroatoms. The van der Waals surface area contributed by atoms with Gasteiger partial charge < -0.3 is 0 Å². The zero-order valence-electron chi connectivity index (χ0n) is 22.5. The molecule has 0 aliphatic heterocycles. The molecule has 0 amide bonds. The van der Waals surface area contributed by atoms with Crippen LogP contribution in [0.3, 0.4) is 0 Å². The maximum absolute atomic E-state index is 4.47. The molecule has 1 saturated carbocycles. The molecule has 2 aromatic rings. The van der Waals surface area contributed by atoms with Gasteiger partial charge in [0.1, 0.15) is 0 Å². The van der Waals surface area contributed by atoms with Crippen LogP contribution in [0.5, 0.6) is 0 Å². The fraction of sp³-hybridized carbons (Fsp3) is 0.429. The number of fused-ring (bicyclic) bond motifs is 1. The van der Waals surface area contributed by atoms with Gasteiger partial charge in [-0.2, -0.15) is 0 Å². The van der Waals surface area contributed by atoms with E-state index in [9.17, 15) is 0 Å². The van der Waals surface area contributed by atoms with Gasteiger partial charge in [-0.15, -0.1) is 0 Å². The number of aryl methyl sites for hydroxylation is 2. The topological polar surface area (TPSA) is 0 Å². The molecular weight excluding hydrogens is 420 g/mol. The maximum atomic E-state index is 4.47. The third-order valence-electron chi connectivity index (χ3n) is 9.31. The van der Waals surface area contributed by atoms with Crippen molar-refractivity contribution in [3.63, 3.8) is 0 Å². The summed E-state index contributed by atoms with van der Waals surface area (Å²) < 4.78 is 0. The molecule has 0 aromatic heterocycles. The van der Waals surface area contributed by atoms with E-state index in [1.165, 1.54) is 81.4 Å². The molecule has 0 bridgehead atoms. The number of hydrogen-bond donors (Lipinski definition) is 0. The molecule has 4 atom stereocenters. The summed E-state index contributed by atoms with van der Waals surface area (Å²) >= 11 is 0. The zero-order chi connectivity index (χ0) is 24.9. The summed E-state index contributed by atoms with van der Waals surface area (Å²) in [5.74, 6) is 2.46. The van der Waals surface area contributed by atoms with E-state index in [-0.39, 0.29) is 0 Å². The van der Waals surface area contributed by atoms with Gasteiger partial charge in [-0.1, -0.05) is 105 Å². The van der Waals surface area contributed by atoms with Crippen LogP contribution < -0.4 is 0 Å². The first-order valence-corrected chi connectivity index (χ1v) is 13.7. The quantitative estimate of drug-likeness (QED) is 0.388. The number of allylic oxidation sites excluding steroid dienone is 5. The van der Waals surface area contributed by atoms with E-state index in [1.54, 1.807) is 5.56 Å². The molecule has 0 N–H and O–H groups in total. The highest BCUT2D eigenvalue weighted by Gasteiger charge is 2.29. The van der Waals surface area contributed by atoms with Crippen LogP contribution in [0.1, 0.15) is 74.3 Å². The second kappa shape index (κ2) is 9.45. The van der Waals surface area contributed by atoms with Crippen molar-refractivity contribution in [2.75, 3.05) is 0 Å². The fourth-order valence-corrected chi connectivity index (χ4v) is 7.04. The maximum Gasteiger partial charge on any atom is 0.00853 e. The van der Waals surface area contributed by atoms with Crippen molar-refractivity contribution in [2.24, 2.45) is 23.7 Å². The van der Waals surface area contributed by atoms with Crippen LogP contribution in [0, 0.1) is 37.5 Å². The van der Waals surface area contributed by atoms with Crippen molar-refractivity contribution in [3.05, 3.63) is 99.7 Å². The fourth-order valence-electron chi connectivity index (χ4n) is 7.04. The number of rotatable bonds is 5. The molecule has 35 heavy (non-hydrogen) atoms. The molecule has 0 radical (unpaired) electrons. The second-order valence-electron chi connectivity index (χ2n) is 11.8. The largest absolute Gasteiger partial charge is 0.0986 e. The summed E-state index contributed by atoms with van der Waals surface area (Å²) in [6.07, 6.45) is 12.3. The Bertz CT molecular complexity index is 1250. The van der Waals surface area contributed by atoms with Gasteiger partial charge >= 0.3 is 0 Å². The third kappa shape index (κ3) is 4.53. The van der Waals surface area contributed by atoms with Gasteiger partial charge in [-0.05, 0) is 103 Å². The van der Waals surface area contributed by atoms with Crippen LogP contribution in [0.2, 0.25) is 0 Å². The third-order valence-corrected chi connectivity index (χ3v) is 9.31. The monoisotopic (exact) mass is 462 g/mol. The van der Waals surface area contributed by atoms with Gasteiger partial charge in [0.25, 0.3) is 0 Å². The lowest BCUT2D eigenvalue weighted by molar-refractivity contribution is 0.417. The van der Waals surface area contributed by atoms with E-state index in [0.29, 0.717) is 11.8 Å². The lowest BCUT2D eigenvalue weighted by Gasteiger charge is -2.31. The van der Waals surface area contributed by atoms with E-state index in [4.69, 9.17) is 0 Å². The van der Waals surface area contributed by atoms with Crippen LogP contribution in [0.4, 0.5) is 0 Å². The summed E-state index contributed by atoms with van der Waals surface area (Å²) in [5.41, 5.74) is 15.7. The standard InChI is InChI=1S/C35H42/c1-21-14-25(5)32(20-29-11-8-10-22(29)2)35(15-21)31-13-9-12-30-17-28(19-34(30)31)18-33-26(6)23(3)16-24(4)27(33)7/h9,12-17,22-23,29,33H,6-8,10-11,18-20H2,1-5H3/t22-,23?,29?,33?/m0/s1. The van der Waals surface area contributed by atoms with E-state index >= 15 is 0 Å². The molecule has 3 aliphatic carbocycles. The van der Waals surface area contributed by atoms with Gasteiger partial charge in [0.05, 0.1) is 0 Å². The molecule has 182 valence electrons. The molecule has 5 rings (SSSR count). The Kier molecular flexibility index (Phi) is 6.51. The Morgan fingerprint density at radius 1 is 0.943 bits per heavy atom. The Balaban J connectivity index is 1.46. The first-order valence-electron chi connectivity index (χ1n) is 13.7. The van der Waals surface area contributed by atoms with Crippen molar-refractivity contribution < 1.29 is 0 Å². The average molecular weight is 463 g/mol. The van der Waals surface area contributed by atoms with Crippen molar-refractivity contribution in [3.8, 4) is 11.1 Å². The molecule has 1 fully saturated rings.